The summed E-state index contributed by atoms with van der Waals surface area (Å²) in [6, 6.07) is 16.8. The molecule has 0 spiro atoms. The van der Waals surface area contributed by atoms with Gasteiger partial charge in [-0.1, -0.05) is 18.2 Å². The lowest BCUT2D eigenvalue weighted by atomic mass is 10.0. The molecule has 0 saturated carbocycles. The standard InChI is InChI=1S/C31H28FN7O2/c1-20-4-2-5-21-9-14-34-29(28(20)21)39(23-6-3-13-33-19-23)30(41)25-8-7-22(18-26(25)32)36-31-35-15-10-27(37-31)38-16-11-24(40)12-17-38/h2,4-5,7-12,14-18,23,33H,3,6,13,19H2,1H3,(H,35,36,37)/p+1/t23-/m1/s1. The molecule has 10 heteroatoms. The zero-order chi connectivity index (χ0) is 28.3. The molecule has 1 aliphatic rings. The Hall–Kier alpha value is -4.96. The number of rotatable bonds is 6. The van der Waals surface area contributed by atoms with Gasteiger partial charge in [0.05, 0.1) is 17.1 Å². The Balaban J connectivity index is 1.32. The highest BCUT2D eigenvalue weighted by atomic mass is 19.1. The van der Waals surface area contributed by atoms with Crippen LogP contribution < -0.4 is 25.9 Å². The van der Waals surface area contributed by atoms with E-state index in [9.17, 15) is 9.59 Å². The van der Waals surface area contributed by atoms with Crippen molar-refractivity contribution in [3.63, 3.8) is 0 Å². The van der Waals surface area contributed by atoms with Gasteiger partial charge in [0.25, 0.3) is 5.82 Å². The lowest BCUT2D eigenvalue weighted by molar-refractivity contribution is -0.361. The summed E-state index contributed by atoms with van der Waals surface area (Å²) in [5, 5.41) is 8.33. The third-order valence-corrected chi connectivity index (χ3v) is 7.28. The molecule has 3 aromatic heterocycles. The van der Waals surface area contributed by atoms with Crippen molar-refractivity contribution in [3.05, 3.63) is 113 Å². The van der Waals surface area contributed by atoms with Crippen LogP contribution in [0.4, 0.5) is 21.8 Å². The normalized spacial score (nSPS) is 15.0. The predicted molar refractivity (Wildman–Crippen MR) is 155 cm³/mol. The van der Waals surface area contributed by atoms with Crippen LogP contribution in [0.3, 0.4) is 0 Å². The van der Waals surface area contributed by atoms with E-state index in [1.165, 1.54) is 24.3 Å². The molecule has 0 radical (unpaired) electrons. The van der Waals surface area contributed by atoms with E-state index in [0.717, 1.165) is 35.7 Å². The number of anilines is 3. The van der Waals surface area contributed by atoms with E-state index in [0.29, 0.717) is 23.9 Å². The summed E-state index contributed by atoms with van der Waals surface area (Å²) in [4.78, 5) is 39.2. The molecule has 0 bridgehead atoms. The zero-order valence-corrected chi connectivity index (χ0v) is 22.5. The van der Waals surface area contributed by atoms with Crippen LogP contribution in [0.2, 0.25) is 0 Å². The number of pyridine rings is 2. The van der Waals surface area contributed by atoms with Crippen LogP contribution in [-0.2, 0) is 0 Å². The van der Waals surface area contributed by atoms with Crippen LogP contribution in [0.15, 0.2) is 90.2 Å². The number of hydrogen-bond donors (Lipinski definition) is 2. The average molecular weight is 551 g/mol. The Bertz CT molecular complexity index is 1770. The lowest BCUT2D eigenvalue weighted by Gasteiger charge is -2.29. The first-order valence-electron chi connectivity index (χ1n) is 13.5. The first kappa shape index (κ1) is 26.3. The minimum atomic E-state index is -0.651. The second-order valence-corrected chi connectivity index (χ2v) is 10.0. The van der Waals surface area contributed by atoms with Crippen LogP contribution in [-0.4, -0.2) is 39.6 Å². The third kappa shape index (κ3) is 5.42. The summed E-state index contributed by atoms with van der Waals surface area (Å²) < 4.78 is 17.3. The quantitative estimate of drug-likeness (QED) is 0.329. The van der Waals surface area contributed by atoms with Gasteiger partial charge in [0.1, 0.15) is 17.7 Å². The number of H-pyrrole nitrogens is 1. The van der Waals surface area contributed by atoms with Gasteiger partial charge in [-0.3, -0.25) is 4.79 Å². The zero-order valence-electron chi connectivity index (χ0n) is 22.5. The highest BCUT2D eigenvalue weighted by Gasteiger charge is 2.38. The number of aromatic amines is 1. The Kier molecular flexibility index (Phi) is 7.22. The van der Waals surface area contributed by atoms with Crippen LogP contribution in [0.5, 0.6) is 0 Å². The fraction of sp³-hybridized carbons (Fsp3) is 0.194. The molecule has 1 aliphatic heterocycles. The third-order valence-electron chi connectivity index (χ3n) is 7.28. The van der Waals surface area contributed by atoms with Crippen molar-refractivity contribution in [3.8, 4) is 5.82 Å². The maximum Gasteiger partial charge on any atom is 0.344 e. The van der Waals surface area contributed by atoms with Crippen molar-refractivity contribution in [1.29, 1.82) is 0 Å². The number of nitrogens with one attached hydrogen (secondary N) is 3. The molecule has 3 N–H and O–H groups in total. The second-order valence-electron chi connectivity index (χ2n) is 10.0. The molecule has 206 valence electrons. The molecule has 1 saturated heterocycles. The highest BCUT2D eigenvalue weighted by Crippen LogP contribution is 2.30. The van der Waals surface area contributed by atoms with Crippen molar-refractivity contribution >= 4 is 34.1 Å². The van der Waals surface area contributed by atoms with Crippen LogP contribution in [0.25, 0.3) is 16.6 Å². The number of benzene rings is 2. The van der Waals surface area contributed by atoms with E-state index in [2.05, 4.69) is 25.6 Å². The molecule has 41 heavy (non-hydrogen) atoms. The summed E-state index contributed by atoms with van der Waals surface area (Å²) in [6.07, 6.45) is 8.32. The van der Waals surface area contributed by atoms with Gasteiger partial charge in [-0.05, 0) is 67.6 Å². The van der Waals surface area contributed by atoms with E-state index < -0.39 is 11.7 Å². The minimum Gasteiger partial charge on any atom is -0.324 e. The molecule has 1 amide bonds. The molecule has 2 aromatic carbocycles. The maximum atomic E-state index is 15.6. The fourth-order valence-electron chi connectivity index (χ4n) is 5.27. The molecule has 9 nitrogen and oxygen atoms in total. The Morgan fingerprint density at radius 1 is 1.15 bits per heavy atom. The molecule has 4 heterocycles. The average Bonchev–Trinajstić information content (AvgIpc) is 2.98. The SMILES string of the molecule is Cc1cccc2cc[nH+]c(N(C(=O)c3ccc(Nc4nccc(-n5ccc(=O)cc5)n4)cc3F)[C@@H]3CCCNC3)c12. The van der Waals surface area contributed by atoms with Gasteiger partial charge in [0, 0.05) is 43.0 Å². The van der Waals surface area contributed by atoms with Crippen LogP contribution >= 0.6 is 0 Å². The molecular weight excluding hydrogens is 521 g/mol. The number of halogens is 1. The molecule has 6 rings (SSSR count). The molecular formula is C31H29FN7O2+. The summed E-state index contributed by atoms with van der Waals surface area (Å²) in [7, 11) is 0. The predicted octanol–water partition coefficient (Wildman–Crippen LogP) is 4.18. The Morgan fingerprint density at radius 2 is 2.00 bits per heavy atom. The van der Waals surface area contributed by atoms with Gasteiger partial charge in [-0.2, -0.15) is 9.88 Å². The van der Waals surface area contributed by atoms with E-state index in [1.807, 2.05) is 37.4 Å². The van der Waals surface area contributed by atoms with Gasteiger partial charge >= 0.3 is 5.91 Å². The number of hydrogen-bond acceptors (Lipinski definition) is 6. The van der Waals surface area contributed by atoms with Crippen molar-refractivity contribution in [1.82, 2.24) is 19.9 Å². The summed E-state index contributed by atoms with van der Waals surface area (Å²) in [5.41, 5.74) is 1.29. The maximum absolute atomic E-state index is 15.6. The van der Waals surface area contributed by atoms with Gasteiger partial charge in [-0.15, -0.1) is 0 Å². The number of aromatic nitrogens is 4. The molecule has 0 unspecified atom stereocenters. The van der Waals surface area contributed by atoms with Crippen molar-refractivity contribution < 1.29 is 14.2 Å². The number of nitrogens with zero attached hydrogens (tertiary/aromatic N) is 4. The summed E-state index contributed by atoms with van der Waals surface area (Å²) in [6.45, 7) is 3.51. The topological polar surface area (TPSA) is 106 Å². The smallest absolute Gasteiger partial charge is 0.324 e. The van der Waals surface area contributed by atoms with Gasteiger partial charge in [0.15, 0.2) is 5.43 Å². The first-order chi connectivity index (χ1) is 20.0. The molecule has 1 atom stereocenters. The van der Waals surface area contributed by atoms with E-state index >= 15 is 4.39 Å². The fourth-order valence-corrected chi connectivity index (χ4v) is 5.27. The van der Waals surface area contributed by atoms with Crippen molar-refractivity contribution in [2.75, 3.05) is 23.3 Å². The molecule has 5 aromatic rings. The number of carbonyl (C=O) groups is 1. The first-order valence-corrected chi connectivity index (χ1v) is 13.5. The van der Waals surface area contributed by atoms with Crippen molar-refractivity contribution in [2.45, 2.75) is 25.8 Å². The van der Waals surface area contributed by atoms with Gasteiger partial charge < -0.3 is 15.2 Å². The lowest BCUT2D eigenvalue weighted by Crippen LogP contribution is -2.51. The second kappa shape index (κ2) is 11.3. The number of piperidine rings is 1. The number of carbonyl (C=O) groups excluding carboxylic acids is 1. The van der Waals surface area contributed by atoms with E-state index in [-0.39, 0.29) is 23.0 Å². The van der Waals surface area contributed by atoms with Gasteiger partial charge in [-0.25, -0.2) is 19.2 Å². The van der Waals surface area contributed by atoms with E-state index in [1.54, 1.807) is 40.2 Å². The minimum absolute atomic E-state index is 0.0250. The molecule has 0 aliphatic carbocycles. The largest absolute Gasteiger partial charge is 0.344 e. The monoisotopic (exact) mass is 550 g/mol. The number of aryl methyl sites for hydroxylation is 1. The Morgan fingerprint density at radius 3 is 2.78 bits per heavy atom. The van der Waals surface area contributed by atoms with Gasteiger partial charge in [0.2, 0.25) is 5.95 Å². The number of amides is 1. The summed E-state index contributed by atoms with van der Waals surface area (Å²) in [5.74, 6) is 0.380. The summed E-state index contributed by atoms with van der Waals surface area (Å²) >= 11 is 0. The number of fused-ring (bicyclic) bond motifs is 1. The highest BCUT2D eigenvalue weighted by molar-refractivity contribution is 6.10. The van der Waals surface area contributed by atoms with E-state index in [4.69, 9.17) is 0 Å². The van der Waals surface area contributed by atoms with Crippen LogP contribution in [0.1, 0.15) is 28.8 Å². The molecule has 1 fully saturated rings. The van der Waals surface area contributed by atoms with Crippen LogP contribution in [0, 0.1) is 12.7 Å². The Labute approximate surface area is 235 Å². The van der Waals surface area contributed by atoms with Crippen molar-refractivity contribution in [2.24, 2.45) is 0 Å².